The Labute approximate surface area is 117 Å². The molecular formula is C12H16N2O5S. The number of rotatable bonds is 6. The number of nitrogens with one attached hydrogen (secondary N) is 2. The van der Waals surface area contributed by atoms with E-state index in [-0.39, 0.29) is 18.3 Å². The van der Waals surface area contributed by atoms with Crippen LogP contribution in [-0.4, -0.2) is 40.1 Å². The molecule has 110 valence electrons. The lowest BCUT2D eigenvalue weighted by molar-refractivity contribution is -0.126. The first-order chi connectivity index (χ1) is 9.31. The zero-order valence-electron chi connectivity index (χ0n) is 11.2. The number of benzene rings is 1. The molecule has 1 aromatic rings. The minimum Gasteiger partial charge on any atom is -0.357 e. The molecule has 0 aliphatic heterocycles. The molecule has 0 aliphatic rings. The van der Waals surface area contributed by atoms with Crippen LogP contribution in [0.1, 0.15) is 15.9 Å². The highest BCUT2D eigenvalue weighted by molar-refractivity contribution is 7.89. The highest BCUT2D eigenvalue weighted by Gasteiger charge is 2.08. The van der Waals surface area contributed by atoms with Crippen molar-refractivity contribution in [2.45, 2.75) is 5.75 Å². The molecule has 0 aromatic heterocycles. The minimum atomic E-state index is -3.11. The molecule has 0 saturated carbocycles. The minimum absolute atomic E-state index is 0.0813. The van der Waals surface area contributed by atoms with E-state index >= 15 is 0 Å². The Balaban J connectivity index is 2.55. The molecule has 8 heteroatoms. The Morgan fingerprint density at radius 2 is 1.80 bits per heavy atom. The van der Waals surface area contributed by atoms with Crippen LogP contribution in [0.2, 0.25) is 0 Å². The summed E-state index contributed by atoms with van der Waals surface area (Å²) in [4.78, 5) is 27.2. The van der Waals surface area contributed by atoms with Crippen molar-refractivity contribution in [3.63, 3.8) is 0 Å². The van der Waals surface area contributed by atoms with Crippen molar-refractivity contribution in [1.29, 1.82) is 0 Å². The number of carbonyl (C=O) groups is 2. The van der Waals surface area contributed by atoms with Gasteiger partial charge in [0.05, 0.1) is 5.75 Å². The van der Waals surface area contributed by atoms with Crippen LogP contribution in [0.5, 0.6) is 0 Å². The summed E-state index contributed by atoms with van der Waals surface area (Å²) in [5.74, 6) is -0.962. The van der Waals surface area contributed by atoms with E-state index in [1.54, 1.807) is 12.1 Å². The van der Waals surface area contributed by atoms with Gasteiger partial charge in [-0.1, -0.05) is 12.1 Å². The van der Waals surface area contributed by atoms with Crippen LogP contribution in [0.25, 0.3) is 0 Å². The summed E-state index contributed by atoms with van der Waals surface area (Å²) in [6.45, 7) is -0.283. The Morgan fingerprint density at radius 1 is 1.20 bits per heavy atom. The number of carbonyl (C=O) groups excluding carboxylic acids is 2. The van der Waals surface area contributed by atoms with E-state index in [9.17, 15) is 18.0 Å². The van der Waals surface area contributed by atoms with Gasteiger partial charge in [0.25, 0.3) is 5.91 Å². The van der Waals surface area contributed by atoms with Crippen molar-refractivity contribution in [1.82, 2.24) is 10.8 Å². The summed E-state index contributed by atoms with van der Waals surface area (Å²) in [5, 5.41) is 2.34. The van der Waals surface area contributed by atoms with Gasteiger partial charge in [0, 0.05) is 18.9 Å². The quantitative estimate of drug-likeness (QED) is 0.699. The average molecular weight is 300 g/mol. The summed E-state index contributed by atoms with van der Waals surface area (Å²) < 4.78 is 22.2. The van der Waals surface area contributed by atoms with Gasteiger partial charge >= 0.3 is 0 Å². The standard InChI is InChI=1S/C12H16N2O5S/c1-13-11(15)7-19-14-12(16)10-5-3-9(4-6-10)8-20(2,17)18/h3-6H,7-8H2,1-2H3,(H,13,15)(H,14,16). The topological polar surface area (TPSA) is 102 Å². The van der Waals surface area contributed by atoms with Crippen LogP contribution in [0.3, 0.4) is 0 Å². The van der Waals surface area contributed by atoms with Crippen LogP contribution < -0.4 is 10.8 Å². The van der Waals surface area contributed by atoms with Crippen molar-refractivity contribution >= 4 is 21.7 Å². The number of hydroxylamine groups is 1. The van der Waals surface area contributed by atoms with Crippen molar-refractivity contribution < 1.29 is 22.8 Å². The summed E-state index contributed by atoms with van der Waals surface area (Å²) in [5.41, 5.74) is 3.01. The molecule has 2 N–H and O–H groups in total. The monoisotopic (exact) mass is 300 g/mol. The number of sulfone groups is 1. The van der Waals surface area contributed by atoms with Gasteiger partial charge in [0.1, 0.15) is 0 Å². The van der Waals surface area contributed by atoms with Crippen LogP contribution in [0, 0.1) is 0 Å². The predicted molar refractivity (Wildman–Crippen MR) is 72.5 cm³/mol. The Bertz CT molecular complexity index is 580. The molecule has 0 unspecified atom stereocenters. The van der Waals surface area contributed by atoms with Crippen molar-refractivity contribution in [3.8, 4) is 0 Å². The molecule has 0 bridgehead atoms. The lowest BCUT2D eigenvalue weighted by Crippen LogP contribution is -2.31. The zero-order valence-corrected chi connectivity index (χ0v) is 12.0. The molecule has 0 aliphatic carbocycles. The van der Waals surface area contributed by atoms with E-state index in [1.165, 1.54) is 19.2 Å². The summed E-state index contributed by atoms with van der Waals surface area (Å²) in [6, 6.07) is 6.07. The lowest BCUT2D eigenvalue weighted by atomic mass is 10.1. The number of amides is 2. The molecular weight excluding hydrogens is 284 g/mol. The molecule has 20 heavy (non-hydrogen) atoms. The van der Waals surface area contributed by atoms with Gasteiger partial charge in [-0.05, 0) is 17.7 Å². The van der Waals surface area contributed by atoms with E-state index in [0.29, 0.717) is 11.1 Å². The predicted octanol–water partition coefficient (Wildman–Crippen LogP) is -0.361. The SMILES string of the molecule is CNC(=O)CONC(=O)c1ccc(CS(C)(=O)=O)cc1. The fourth-order valence-corrected chi connectivity index (χ4v) is 2.15. The lowest BCUT2D eigenvalue weighted by Gasteiger charge is -2.06. The smallest absolute Gasteiger partial charge is 0.274 e. The van der Waals surface area contributed by atoms with Crippen LogP contribution in [0.15, 0.2) is 24.3 Å². The van der Waals surface area contributed by atoms with E-state index in [4.69, 9.17) is 4.84 Å². The summed E-state index contributed by atoms with van der Waals surface area (Å²) >= 11 is 0. The third-order valence-electron chi connectivity index (χ3n) is 2.29. The van der Waals surface area contributed by atoms with E-state index in [0.717, 1.165) is 6.26 Å². The van der Waals surface area contributed by atoms with Crippen LogP contribution in [-0.2, 0) is 25.2 Å². The third kappa shape index (κ3) is 5.81. The molecule has 7 nitrogen and oxygen atoms in total. The van der Waals surface area contributed by atoms with Crippen molar-refractivity contribution in [2.24, 2.45) is 0 Å². The second kappa shape index (κ2) is 7.01. The van der Waals surface area contributed by atoms with Crippen molar-refractivity contribution in [2.75, 3.05) is 19.9 Å². The highest BCUT2D eigenvalue weighted by Crippen LogP contribution is 2.07. The maximum Gasteiger partial charge on any atom is 0.274 e. The second-order valence-corrected chi connectivity index (χ2v) is 6.30. The maximum atomic E-state index is 11.6. The molecule has 2 amide bonds. The van der Waals surface area contributed by atoms with Crippen LogP contribution >= 0.6 is 0 Å². The van der Waals surface area contributed by atoms with E-state index in [2.05, 4.69) is 10.8 Å². The first-order valence-corrected chi connectivity index (χ1v) is 7.77. The highest BCUT2D eigenvalue weighted by atomic mass is 32.2. The average Bonchev–Trinajstić information content (AvgIpc) is 2.37. The molecule has 0 heterocycles. The first-order valence-electron chi connectivity index (χ1n) is 5.71. The Morgan fingerprint density at radius 3 is 2.30 bits per heavy atom. The summed E-state index contributed by atoms with van der Waals surface area (Å²) in [6.07, 6.45) is 1.14. The largest absolute Gasteiger partial charge is 0.357 e. The Hall–Kier alpha value is -1.93. The molecule has 0 fully saturated rings. The van der Waals surface area contributed by atoms with E-state index < -0.39 is 15.7 Å². The zero-order chi connectivity index (χ0) is 15.2. The van der Waals surface area contributed by atoms with E-state index in [1.807, 2.05) is 0 Å². The molecule has 0 saturated heterocycles. The number of hydrogen-bond acceptors (Lipinski definition) is 5. The van der Waals surface area contributed by atoms with Gasteiger partial charge in [-0.15, -0.1) is 0 Å². The van der Waals surface area contributed by atoms with Gasteiger partial charge in [-0.3, -0.25) is 14.4 Å². The van der Waals surface area contributed by atoms with Gasteiger partial charge in [-0.25, -0.2) is 13.9 Å². The van der Waals surface area contributed by atoms with Gasteiger partial charge in [0.2, 0.25) is 5.91 Å². The second-order valence-electron chi connectivity index (χ2n) is 4.16. The fourth-order valence-electron chi connectivity index (χ4n) is 1.35. The number of likely N-dealkylation sites (N-methyl/N-ethyl adjacent to an activating group) is 1. The Kier molecular flexibility index (Phi) is 5.66. The van der Waals surface area contributed by atoms with Crippen molar-refractivity contribution in [3.05, 3.63) is 35.4 Å². The normalized spacial score (nSPS) is 10.9. The maximum absolute atomic E-state index is 11.6. The van der Waals surface area contributed by atoms with Gasteiger partial charge in [-0.2, -0.15) is 0 Å². The summed E-state index contributed by atoms with van der Waals surface area (Å²) in [7, 11) is -1.65. The third-order valence-corrected chi connectivity index (χ3v) is 3.15. The fraction of sp³-hybridized carbons (Fsp3) is 0.333. The van der Waals surface area contributed by atoms with Gasteiger partial charge in [0.15, 0.2) is 16.4 Å². The molecule has 0 radical (unpaired) electrons. The van der Waals surface area contributed by atoms with Gasteiger partial charge < -0.3 is 5.32 Å². The molecule has 1 rings (SSSR count). The molecule has 0 spiro atoms. The number of hydrogen-bond donors (Lipinski definition) is 2. The molecule has 1 aromatic carbocycles. The first kappa shape index (κ1) is 16.1. The molecule has 0 atom stereocenters. The van der Waals surface area contributed by atoms with Crippen LogP contribution in [0.4, 0.5) is 0 Å².